The normalized spacial score (nSPS) is 10.7. The third kappa shape index (κ3) is 2.54. The third-order valence-corrected chi connectivity index (χ3v) is 3.12. The van der Waals surface area contributed by atoms with Gasteiger partial charge in [0.1, 0.15) is 0 Å². The van der Waals surface area contributed by atoms with Crippen molar-refractivity contribution in [3.8, 4) is 11.4 Å². The van der Waals surface area contributed by atoms with E-state index < -0.39 is 11.6 Å². The van der Waals surface area contributed by atoms with E-state index in [1.54, 1.807) is 19.3 Å². The summed E-state index contributed by atoms with van der Waals surface area (Å²) in [6.45, 7) is 0.580. The van der Waals surface area contributed by atoms with Crippen molar-refractivity contribution in [3.63, 3.8) is 0 Å². The van der Waals surface area contributed by atoms with E-state index >= 15 is 0 Å². The summed E-state index contributed by atoms with van der Waals surface area (Å²) in [6.07, 6.45) is 1.59. The van der Waals surface area contributed by atoms with Crippen molar-refractivity contribution < 1.29 is 8.78 Å². The molecular weight excluding hydrogens is 304 g/mol. The van der Waals surface area contributed by atoms with Crippen molar-refractivity contribution in [1.82, 2.24) is 15.3 Å². The Hall–Kier alpha value is -1.40. The highest BCUT2D eigenvalue weighted by Gasteiger charge is 2.14. The van der Waals surface area contributed by atoms with Gasteiger partial charge >= 0.3 is 0 Å². The highest BCUT2D eigenvalue weighted by molar-refractivity contribution is 9.10. The first-order valence-electron chi connectivity index (χ1n) is 5.24. The zero-order valence-electron chi connectivity index (χ0n) is 9.54. The van der Waals surface area contributed by atoms with Crippen LogP contribution in [0.25, 0.3) is 11.4 Å². The van der Waals surface area contributed by atoms with Crippen LogP contribution in [-0.4, -0.2) is 17.0 Å². The fourth-order valence-corrected chi connectivity index (χ4v) is 2.00. The van der Waals surface area contributed by atoms with E-state index in [1.165, 1.54) is 6.07 Å². The molecule has 94 valence electrons. The Kier molecular flexibility index (Phi) is 3.98. The second kappa shape index (κ2) is 5.49. The lowest BCUT2D eigenvalue weighted by Gasteiger charge is -2.06. The zero-order chi connectivity index (χ0) is 13.1. The van der Waals surface area contributed by atoms with E-state index in [2.05, 4.69) is 31.2 Å². The molecule has 0 bridgehead atoms. The fourth-order valence-electron chi connectivity index (χ4n) is 1.50. The molecule has 0 saturated carbocycles. The molecule has 1 heterocycles. The highest BCUT2D eigenvalue weighted by atomic mass is 79.9. The van der Waals surface area contributed by atoms with E-state index in [-0.39, 0.29) is 4.47 Å². The summed E-state index contributed by atoms with van der Waals surface area (Å²) in [6, 6.07) is 4.26. The minimum atomic E-state index is -0.935. The van der Waals surface area contributed by atoms with Crippen LogP contribution in [0, 0.1) is 11.6 Å². The topological polar surface area (TPSA) is 37.8 Å². The number of hydrogen-bond donors (Lipinski definition) is 1. The Morgan fingerprint density at radius 2 is 2.06 bits per heavy atom. The van der Waals surface area contributed by atoms with Gasteiger partial charge < -0.3 is 5.32 Å². The first-order valence-corrected chi connectivity index (χ1v) is 6.03. The van der Waals surface area contributed by atoms with Crippen molar-refractivity contribution in [3.05, 3.63) is 46.2 Å². The van der Waals surface area contributed by atoms with Crippen LogP contribution in [0.2, 0.25) is 0 Å². The molecule has 0 fully saturated rings. The minimum absolute atomic E-state index is 0.0316. The Morgan fingerprint density at radius 1 is 1.28 bits per heavy atom. The lowest BCUT2D eigenvalue weighted by atomic mass is 10.2. The number of nitrogens with zero attached hydrogens (tertiary/aromatic N) is 2. The average molecular weight is 314 g/mol. The molecule has 0 saturated heterocycles. The first-order chi connectivity index (χ1) is 8.63. The number of halogens is 3. The van der Waals surface area contributed by atoms with Gasteiger partial charge in [0.25, 0.3) is 0 Å². The van der Waals surface area contributed by atoms with Crippen LogP contribution < -0.4 is 5.32 Å². The SMILES string of the molecule is CNCc1ccnc(-c2ccc(F)c(F)c2Br)n1. The van der Waals surface area contributed by atoms with Crippen molar-refractivity contribution in [2.24, 2.45) is 0 Å². The first kappa shape index (κ1) is 13.0. The molecule has 1 aromatic carbocycles. The van der Waals surface area contributed by atoms with Gasteiger partial charge in [-0.2, -0.15) is 0 Å². The summed E-state index contributed by atoms with van der Waals surface area (Å²) in [5, 5.41) is 2.96. The van der Waals surface area contributed by atoms with Crippen molar-refractivity contribution >= 4 is 15.9 Å². The summed E-state index contributed by atoms with van der Waals surface area (Å²) < 4.78 is 26.5. The van der Waals surface area contributed by atoms with Crippen LogP contribution in [0.5, 0.6) is 0 Å². The molecule has 0 spiro atoms. The summed E-state index contributed by atoms with van der Waals surface area (Å²) >= 11 is 3.02. The van der Waals surface area contributed by atoms with Gasteiger partial charge in [0.2, 0.25) is 0 Å². The van der Waals surface area contributed by atoms with E-state index in [9.17, 15) is 8.78 Å². The van der Waals surface area contributed by atoms with E-state index in [0.717, 1.165) is 11.8 Å². The monoisotopic (exact) mass is 313 g/mol. The molecule has 1 aromatic heterocycles. The summed E-state index contributed by atoms with van der Waals surface area (Å²) in [5.41, 5.74) is 1.20. The van der Waals surface area contributed by atoms with Gasteiger partial charge in [-0.05, 0) is 41.2 Å². The van der Waals surface area contributed by atoms with Crippen molar-refractivity contribution in [2.75, 3.05) is 7.05 Å². The van der Waals surface area contributed by atoms with Gasteiger partial charge in [0.05, 0.1) is 10.2 Å². The number of hydrogen-bond acceptors (Lipinski definition) is 3. The van der Waals surface area contributed by atoms with Gasteiger partial charge in [-0.25, -0.2) is 18.7 Å². The van der Waals surface area contributed by atoms with Crippen LogP contribution in [-0.2, 0) is 6.54 Å². The molecule has 2 aromatic rings. The highest BCUT2D eigenvalue weighted by Crippen LogP contribution is 2.29. The standard InChI is InChI=1S/C12H10BrF2N3/c1-16-6-7-4-5-17-12(18-7)8-2-3-9(14)11(15)10(8)13/h2-5,16H,6H2,1H3. The third-order valence-electron chi connectivity index (χ3n) is 2.35. The molecule has 0 unspecified atom stereocenters. The Balaban J connectivity index is 2.48. The fraction of sp³-hybridized carbons (Fsp3) is 0.167. The lowest BCUT2D eigenvalue weighted by Crippen LogP contribution is -2.07. The molecule has 3 nitrogen and oxygen atoms in total. The maximum atomic E-state index is 13.4. The van der Waals surface area contributed by atoms with Crippen LogP contribution in [0.1, 0.15) is 5.69 Å². The smallest absolute Gasteiger partial charge is 0.173 e. The molecule has 0 aliphatic carbocycles. The second-order valence-corrected chi connectivity index (χ2v) is 4.42. The summed E-state index contributed by atoms with van der Waals surface area (Å²) in [4.78, 5) is 8.34. The largest absolute Gasteiger partial charge is 0.314 e. The van der Waals surface area contributed by atoms with Gasteiger partial charge in [0, 0.05) is 18.3 Å². The Labute approximate surface area is 111 Å². The van der Waals surface area contributed by atoms with E-state index in [4.69, 9.17) is 0 Å². The molecular formula is C12H10BrF2N3. The van der Waals surface area contributed by atoms with Crippen molar-refractivity contribution in [1.29, 1.82) is 0 Å². The Bertz CT molecular complexity index is 575. The van der Waals surface area contributed by atoms with E-state index in [1.807, 2.05) is 0 Å². The molecule has 2 rings (SSSR count). The summed E-state index contributed by atoms with van der Waals surface area (Å²) in [7, 11) is 1.80. The molecule has 0 amide bonds. The molecule has 1 N–H and O–H groups in total. The zero-order valence-corrected chi connectivity index (χ0v) is 11.1. The van der Waals surface area contributed by atoms with Crippen LogP contribution >= 0.6 is 15.9 Å². The molecule has 6 heteroatoms. The summed E-state index contributed by atoms with van der Waals surface area (Å²) in [5.74, 6) is -1.49. The Morgan fingerprint density at radius 3 is 2.78 bits per heavy atom. The van der Waals surface area contributed by atoms with Gasteiger partial charge in [-0.15, -0.1) is 0 Å². The molecule has 0 atom stereocenters. The van der Waals surface area contributed by atoms with Crippen LogP contribution in [0.3, 0.4) is 0 Å². The molecule has 18 heavy (non-hydrogen) atoms. The van der Waals surface area contributed by atoms with Gasteiger partial charge in [-0.3, -0.25) is 0 Å². The molecule has 0 radical (unpaired) electrons. The van der Waals surface area contributed by atoms with Crippen LogP contribution in [0.15, 0.2) is 28.9 Å². The number of nitrogens with one attached hydrogen (secondary N) is 1. The number of benzene rings is 1. The number of aromatic nitrogens is 2. The van der Waals surface area contributed by atoms with Crippen molar-refractivity contribution in [2.45, 2.75) is 6.54 Å². The van der Waals surface area contributed by atoms with E-state index in [0.29, 0.717) is 17.9 Å². The molecule has 0 aliphatic heterocycles. The second-order valence-electron chi connectivity index (χ2n) is 3.62. The van der Waals surface area contributed by atoms with Gasteiger partial charge in [0.15, 0.2) is 17.5 Å². The van der Waals surface area contributed by atoms with Gasteiger partial charge in [-0.1, -0.05) is 0 Å². The quantitative estimate of drug-likeness (QED) is 0.885. The minimum Gasteiger partial charge on any atom is -0.314 e. The van der Waals surface area contributed by atoms with Crippen LogP contribution in [0.4, 0.5) is 8.78 Å². The maximum Gasteiger partial charge on any atom is 0.173 e. The number of rotatable bonds is 3. The predicted octanol–water partition coefficient (Wildman–Crippen LogP) is 2.90. The average Bonchev–Trinajstić information content (AvgIpc) is 2.37. The molecule has 0 aliphatic rings. The lowest BCUT2D eigenvalue weighted by molar-refractivity contribution is 0.504. The predicted molar refractivity (Wildman–Crippen MR) is 67.8 cm³/mol. The maximum absolute atomic E-state index is 13.4.